The molecule has 2 aromatic carbocycles. The van der Waals surface area contributed by atoms with E-state index in [1.54, 1.807) is 6.07 Å². The molecule has 0 saturated heterocycles. The molecule has 1 aliphatic carbocycles. The zero-order chi connectivity index (χ0) is 17.8. The average Bonchev–Trinajstić information content (AvgIpc) is 3.07. The zero-order valence-corrected chi connectivity index (χ0v) is 15.7. The van der Waals surface area contributed by atoms with Gasteiger partial charge in [0.15, 0.2) is 5.11 Å². The highest BCUT2D eigenvalue weighted by Crippen LogP contribution is 2.27. The van der Waals surface area contributed by atoms with Crippen molar-refractivity contribution in [3.63, 3.8) is 0 Å². The Morgan fingerprint density at radius 2 is 1.76 bits per heavy atom. The van der Waals surface area contributed by atoms with E-state index < -0.39 is 0 Å². The van der Waals surface area contributed by atoms with E-state index in [2.05, 4.69) is 42.3 Å². The summed E-state index contributed by atoms with van der Waals surface area (Å²) in [6, 6.07) is 13.7. The third kappa shape index (κ3) is 4.57. The number of benzene rings is 2. The topological polar surface area (TPSA) is 15.3 Å². The Bertz CT molecular complexity index is 733. The number of anilines is 1. The number of nitrogens with one attached hydrogen (secondary N) is 1. The van der Waals surface area contributed by atoms with Gasteiger partial charge in [0, 0.05) is 23.8 Å². The third-order valence-corrected chi connectivity index (χ3v) is 5.13. The normalized spacial score (nSPS) is 14.5. The third-order valence-electron chi connectivity index (χ3n) is 4.80. The Kier molecular flexibility index (Phi) is 5.69. The molecule has 1 aliphatic rings. The van der Waals surface area contributed by atoms with Crippen LogP contribution in [0.2, 0.25) is 0 Å². The molecule has 0 radical (unpaired) electrons. The molecule has 3 rings (SSSR count). The minimum absolute atomic E-state index is 0.167. The van der Waals surface area contributed by atoms with Crippen molar-refractivity contribution >= 4 is 23.0 Å². The predicted molar refractivity (Wildman–Crippen MR) is 106 cm³/mol. The minimum Gasteiger partial charge on any atom is -0.342 e. The number of rotatable bonds is 4. The van der Waals surface area contributed by atoms with E-state index in [1.165, 1.54) is 30.0 Å². The van der Waals surface area contributed by atoms with Crippen LogP contribution in [-0.2, 0) is 6.54 Å². The zero-order valence-electron chi connectivity index (χ0n) is 14.9. The average molecular weight is 357 g/mol. The summed E-state index contributed by atoms with van der Waals surface area (Å²) in [4.78, 5) is 2.17. The summed E-state index contributed by atoms with van der Waals surface area (Å²) in [5.74, 6) is -0.167. The van der Waals surface area contributed by atoms with Gasteiger partial charge in [0.05, 0.1) is 0 Å². The maximum absolute atomic E-state index is 14.1. The summed E-state index contributed by atoms with van der Waals surface area (Å²) in [5.41, 5.74) is 4.09. The minimum atomic E-state index is -0.167. The van der Waals surface area contributed by atoms with Crippen LogP contribution in [0, 0.1) is 19.7 Å². The lowest BCUT2D eigenvalue weighted by atomic mass is 10.1. The van der Waals surface area contributed by atoms with Gasteiger partial charge in [-0.25, -0.2) is 4.39 Å². The van der Waals surface area contributed by atoms with Crippen LogP contribution in [0.4, 0.5) is 10.1 Å². The van der Waals surface area contributed by atoms with Gasteiger partial charge >= 0.3 is 0 Å². The summed E-state index contributed by atoms with van der Waals surface area (Å²) in [6.07, 6.45) is 4.65. The van der Waals surface area contributed by atoms with Crippen LogP contribution in [0.25, 0.3) is 0 Å². The molecule has 0 spiro atoms. The van der Waals surface area contributed by atoms with E-state index in [-0.39, 0.29) is 5.82 Å². The van der Waals surface area contributed by atoms with Crippen LogP contribution in [0.5, 0.6) is 0 Å². The van der Waals surface area contributed by atoms with Crippen LogP contribution in [0.1, 0.15) is 42.4 Å². The van der Waals surface area contributed by atoms with Crippen molar-refractivity contribution in [2.24, 2.45) is 0 Å². The molecule has 25 heavy (non-hydrogen) atoms. The van der Waals surface area contributed by atoms with Crippen molar-refractivity contribution < 1.29 is 4.39 Å². The first-order valence-corrected chi connectivity index (χ1v) is 9.33. The molecule has 0 aliphatic heterocycles. The predicted octanol–water partition coefficient (Wildman–Crippen LogP) is 5.58. The smallest absolute Gasteiger partial charge is 0.173 e. The Morgan fingerprint density at radius 1 is 1.12 bits per heavy atom. The summed E-state index contributed by atoms with van der Waals surface area (Å²) in [7, 11) is 0. The molecular formula is C21H25FN2S. The van der Waals surface area contributed by atoms with Crippen LogP contribution in [-0.4, -0.2) is 16.1 Å². The first kappa shape index (κ1) is 17.9. The molecule has 2 aromatic rings. The number of hydrogen-bond acceptors (Lipinski definition) is 1. The summed E-state index contributed by atoms with van der Waals surface area (Å²) >= 11 is 5.72. The molecule has 132 valence electrons. The molecule has 0 heterocycles. The number of aryl methyl sites for hydroxylation is 2. The number of halogens is 1. The van der Waals surface area contributed by atoms with Gasteiger partial charge in [0.1, 0.15) is 5.82 Å². The summed E-state index contributed by atoms with van der Waals surface area (Å²) in [5, 5.41) is 4.06. The lowest BCUT2D eigenvalue weighted by Crippen LogP contribution is -2.41. The van der Waals surface area contributed by atoms with Crippen molar-refractivity contribution in [3.8, 4) is 0 Å². The van der Waals surface area contributed by atoms with Crippen LogP contribution in [0.15, 0.2) is 42.5 Å². The molecule has 1 fully saturated rings. The molecule has 0 amide bonds. The Labute approximate surface area is 155 Å². The fourth-order valence-corrected chi connectivity index (χ4v) is 3.97. The van der Waals surface area contributed by atoms with Crippen molar-refractivity contribution in [2.45, 2.75) is 52.1 Å². The Balaban J connectivity index is 1.80. The van der Waals surface area contributed by atoms with E-state index in [0.717, 1.165) is 18.5 Å². The number of nitrogens with zero attached hydrogens (tertiary/aromatic N) is 1. The van der Waals surface area contributed by atoms with Gasteiger partial charge < -0.3 is 10.2 Å². The first-order valence-electron chi connectivity index (χ1n) is 8.92. The molecule has 4 heteroatoms. The molecule has 0 bridgehead atoms. The summed E-state index contributed by atoms with van der Waals surface area (Å²) < 4.78 is 14.1. The largest absolute Gasteiger partial charge is 0.342 e. The molecular weight excluding hydrogens is 331 g/mol. The SMILES string of the molecule is Cc1cc(C)cc(NC(=S)N(Cc2ccccc2F)C2CCCC2)c1. The van der Waals surface area contributed by atoms with Gasteiger partial charge in [-0.3, -0.25) is 0 Å². The van der Waals surface area contributed by atoms with E-state index in [0.29, 0.717) is 23.3 Å². The Morgan fingerprint density at radius 3 is 2.40 bits per heavy atom. The summed E-state index contributed by atoms with van der Waals surface area (Å²) in [6.45, 7) is 4.67. The maximum Gasteiger partial charge on any atom is 0.173 e. The highest BCUT2D eigenvalue weighted by Gasteiger charge is 2.25. The van der Waals surface area contributed by atoms with E-state index in [1.807, 2.05) is 12.1 Å². The highest BCUT2D eigenvalue weighted by molar-refractivity contribution is 7.80. The number of hydrogen-bond donors (Lipinski definition) is 1. The standard InChI is InChI=1S/C21H25FN2S/c1-15-11-16(2)13-18(12-15)23-21(25)24(19-8-4-5-9-19)14-17-7-3-6-10-20(17)22/h3,6-7,10-13,19H,4-5,8-9,14H2,1-2H3,(H,23,25). The van der Waals surface area contributed by atoms with E-state index in [9.17, 15) is 4.39 Å². The molecule has 0 unspecified atom stereocenters. The highest BCUT2D eigenvalue weighted by atomic mass is 32.1. The van der Waals surface area contributed by atoms with Crippen LogP contribution < -0.4 is 5.32 Å². The van der Waals surface area contributed by atoms with Crippen LogP contribution in [0.3, 0.4) is 0 Å². The quantitative estimate of drug-likeness (QED) is 0.720. The van der Waals surface area contributed by atoms with Gasteiger partial charge in [-0.2, -0.15) is 0 Å². The first-order chi connectivity index (χ1) is 12.0. The molecule has 0 aromatic heterocycles. The second-order valence-corrected chi connectivity index (χ2v) is 7.35. The van der Waals surface area contributed by atoms with E-state index >= 15 is 0 Å². The lowest BCUT2D eigenvalue weighted by molar-refractivity contribution is 0.308. The van der Waals surface area contributed by atoms with Gasteiger partial charge in [-0.05, 0) is 68.2 Å². The monoisotopic (exact) mass is 356 g/mol. The van der Waals surface area contributed by atoms with Crippen LogP contribution >= 0.6 is 12.2 Å². The van der Waals surface area contributed by atoms with E-state index in [4.69, 9.17) is 12.2 Å². The molecule has 1 N–H and O–H groups in total. The van der Waals surface area contributed by atoms with Gasteiger partial charge in [0.25, 0.3) is 0 Å². The fraction of sp³-hybridized carbons (Fsp3) is 0.381. The second-order valence-electron chi connectivity index (χ2n) is 6.96. The second kappa shape index (κ2) is 7.96. The van der Waals surface area contributed by atoms with Crippen molar-refractivity contribution in [1.29, 1.82) is 0 Å². The van der Waals surface area contributed by atoms with Crippen molar-refractivity contribution in [1.82, 2.24) is 4.90 Å². The Hall–Kier alpha value is -1.94. The fourth-order valence-electron chi connectivity index (χ4n) is 3.63. The molecule has 0 atom stereocenters. The molecule has 2 nitrogen and oxygen atoms in total. The number of thiocarbonyl (C=S) groups is 1. The van der Waals surface area contributed by atoms with Gasteiger partial charge in [-0.15, -0.1) is 0 Å². The van der Waals surface area contributed by atoms with Crippen molar-refractivity contribution in [3.05, 3.63) is 65.0 Å². The lowest BCUT2D eigenvalue weighted by Gasteiger charge is -2.32. The van der Waals surface area contributed by atoms with Crippen molar-refractivity contribution in [2.75, 3.05) is 5.32 Å². The molecule has 1 saturated carbocycles. The maximum atomic E-state index is 14.1. The van der Waals surface area contributed by atoms with Gasteiger partial charge in [-0.1, -0.05) is 37.1 Å². The van der Waals surface area contributed by atoms with Gasteiger partial charge in [0.2, 0.25) is 0 Å².